The van der Waals surface area contributed by atoms with E-state index in [2.05, 4.69) is 22.6 Å². The van der Waals surface area contributed by atoms with Crippen LogP contribution in [0.3, 0.4) is 0 Å². The van der Waals surface area contributed by atoms with Crippen LogP contribution in [-0.2, 0) is 6.61 Å². The van der Waals surface area contributed by atoms with E-state index in [9.17, 15) is 4.79 Å². The highest BCUT2D eigenvalue weighted by Gasteiger charge is 2.12. The fourth-order valence-electron chi connectivity index (χ4n) is 1.31. The number of benzene rings is 1. The van der Waals surface area contributed by atoms with Gasteiger partial charge in [-0.15, -0.1) is 11.3 Å². The molecule has 1 aromatic carbocycles. The van der Waals surface area contributed by atoms with Crippen molar-refractivity contribution in [3.05, 3.63) is 49.7 Å². The van der Waals surface area contributed by atoms with Gasteiger partial charge in [0.15, 0.2) is 4.88 Å². The highest BCUT2D eigenvalue weighted by atomic mass is 127. The van der Waals surface area contributed by atoms with E-state index in [1.807, 2.05) is 24.3 Å². The van der Waals surface area contributed by atoms with Crippen molar-refractivity contribution in [1.29, 1.82) is 0 Å². The second kappa shape index (κ2) is 5.50. The number of carboxylic acids is 1. The molecule has 2 aromatic rings. The van der Waals surface area contributed by atoms with Crippen molar-refractivity contribution < 1.29 is 14.6 Å². The molecule has 5 heteroatoms. The summed E-state index contributed by atoms with van der Waals surface area (Å²) in [6, 6.07) is 9.60. The predicted molar refractivity (Wildman–Crippen MR) is 74.8 cm³/mol. The third-order valence-corrected chi connectivity index (χ3v) is 3.73. The number of aromatic carboxylic acids is 1. The molecule has 1 aromatic heterocycles. The maximum absolute atomic E-state index is 10.9. The Morgan fingerprint density at radius 2 is 2.00 bits per heavy atom. The van der Waals surface area contributed by atoms with Gasteiger partial charge >= 0.3 is 5.97 Å². The standard InChI is InChI=1S/C12H9IO3S/c13-9-3-1-8(2-4-9)7-16-10-5-6-17-11(10)12(14)15/h1-6H,7H2,(H,14,15). The average molecular weight is 360 g/mol. The normalized spacial score (nSPS) is 10.2. The van der Waals surface area contributed by atoms with Crippen LogP contribution in [0.5, 0.6) is 5.75 Å². The Balaban J connectivity index is 2.05. The lowest BCUT2D eigenvalue weighted by Gasteiger charge is -2.05. The van der Waals surface area contributed by atoms with Gasteiger partial charge in [-0.1, -0.05) is 12.1 Å². The first-order chi connectivity index (χ1) is 8.16. The number of thiophene rings is 1. The molecular weight excluding hydrogens is 351 g/mol. The van der Waals surface area contributed by atoms with E-state index in [1.54, 1.807) is 11.4 Å². The van der Waals surface area contributed by atoms with Crippen LogP contribution in [0.15, 0.2) is 35.7 Å². The lowest BCUT2D eigenvalue weighted by atomic mass is 10.2. The summed E-state index contributed by atoms with van der Waals surface area (Å²) >= 11 is 3.40. The molecule has 0 unspecified atom stereocenters. The van der Waals surface area contributed by atoms with Crippen molar-refractivity contribution in [2.24, 2.45) is 0 Å². The minimum atomic E-state index is -0.947. The van der Waals surface area contributed by atoms with Gasteiger partial charge < -0.3 is 9.84 Å². The zero-order valence-corrected chi connectivity index (χ0v) is 11.7. The fraction of sp³-hybridized carbons (Fsp3) is 0.0833. The zero-order valence-electron chi connectivity index (χ0n) is 8.72. The Hall–Kier alpha value is -1.08. The molecule has 0 aliphatic carbocycles. The molecule has 0 aliphatic rings. The molecule has 0 spiro atoms. The molecule has 0 amide bonds. The van der Waals surface area contributed by atoms with E-state index in [-0.39, 0.29) is 4.88 Å². The molecule has 0 aliphatic heterocycles. The molecular formula is C12H9IO3S. The van der Waals surface area contributed by atoms with Gasteiger partial charge in [-0.2, -0.15) is 0 Å². The van der Waals surface area contributed by atoms with E-state index >= 15 is 0 Å². The molecule has 3 nitrogen and oxygen atoms in total. The van der Waals surface area contributed by atoms with Crippen molar-refractivity contribution in [1.82, 2.24) is 0 Å². The second-order valence-electron chi connectivity index (χ2n) is 3.33. The molecule has 1 heterocycles. The van der Waals surface area contributed by atoms with Crippen LogP contribution in [0, 0.1) is 3.57 Å². The van der Waals surface area contributed by atoms with Gasteiger partial charge in [0.1, 0.15) is 12.4 Å². The largest absolute Gasteiger partial charge is 0.487 e. The summed E-state index contributed by atoms with van der Waals surface area (Å²) in [4.78, 5) is 11.1. The van der Waals surface area contributed by atoms with E-state index in [0.29, 0.717) is 12.4 Å². The second-order valence-corrected chi connectivity index (χ2v) is 5.50. The predicted octanol–water partition coefficient (Wildman–Crippen LogP) is 3.63. The summed E-state index contributed by atoms with van der Waals surface area (Å²) in [6.45, 7) is 0.383. The topological polar surface area (TPSA) is 46.5 Å². The van der Waals surface area contributed by atoms with Gasteiger partial charge in [-0.3, -0.25) is 0 Å². The number of carboxylic acid groups (broad SMARTS) is 1. The number of halogens is 1. The molecule has 0 radical (unpaired) electrons. The van der Waals surface area contributed by atoms with Crippen LogP contribution in [-0.4, -0.2) is 11.1 Å². The third-order valence-electron chi connectivity index (χ3n) is 2.13. The third kappa shape index (κ3) is 3.19. The Labute approximate surface area is 116 Å². The molecule has 1 N–H and O–H groups in total. The summed E-state index contributed by atoms with van der Waals surface area (Å²) < 4.78 is 6.65. The van der Waals surface area contributed by atoms with Crippen molar-refractivity contribution in [2.75, 3.05) is 0 Å². The summed E-state index contributed by atoms with van der Waals surface area (Å²) in [5, 5.41) is 10.6. The average Bonchev–Trinajstić information content (AvgIpc) is 2.76. The van der Waals surface area contributed by atoms with Gasteiger partial charge in [0.05, 0.1) is 0 Å². The lowest BCUT2D eigenvalue weighted by Crippen LogP contribution is -2.00. The molecule has 0 saturated heterocycles. The number of rotatable bonds is 4. The van der Waals surface area contributed by atoms with Crippen LogP contribution in [0.25, 0.3) is 0 Å². The SMILES string of the molecule is O=C(O)c1sccc1OCc1ccc(I)cc1. The van der Waals surface area contributed by atoms with Gasteiger partial charge in [-0.25, -0.2) is 4.79 Å². The summed E-state index contributed by atoms with van der Waals surface area (Å²) in [7, 11) is 0. The first-order valence-corrected chi connectivity index (χ1v) is 6.80. The van der Waals surface area contributed by atoms with Crippen LogP contribution in [0.4, 0.5) is 0 Å². The summed E-state index contributed by atoms with van der Waals surface area (Å²) in [6.07, 6.45) is 0. The van der Waals surface area contributed by atoms with E-state index in [0.717, 1.165) is 9.13 Å². The van der Waals surface area contributed by atoms with Gasteiger partial charge in [-0.05, 0) is 51.7 Å². The molecule has 0 saturated carbocycles. The zero-order chi connectivity index (χ0) is 12.3. The molecule has 2 rings (SSSR count). The van der Waals surface area contributed by atoms with Crippen molar-refractivity contribution in [3.63, 3.8) is 0 Å². The van der Waals surface area contributed by atoms with E-state index < -0.39 is 5.97 Å². The van der Waals surface area contributed by atoms with Crippen molar-refractivity contribution >= 4 is 39.9 Å². The van der Waals surface area contributed by atoms with Crippen LogP contribution in [0.1, 0.15) is 15.2 Å². The maximum atomic E-state index is 10.9. The van der Waals surface area contributed by atoms with Crippen molar-refractivity contribution in [2.45, 2.75) is 6.61 Å². The van der Waals surface area contributed by atoms with Gasteiger partial charge in [0, 0.05) is 3.57 Å². The minimum Gasteiger partial charge on any atom is -0.487 e. The number of ether oxygens (including phenoxy) is 1. The molecule has 0 fully saturated rings. The Morgan fingerprint density at radius 1 is 1.29 bits per heavy atom. The first-order valence-electron chi connectivity index (χ1n) is 4.85. The summed E-state index contributed by atoms with van der Waals surface area (Å²) in [5.74, 6) is -0.515. The van der Waals surface area contributed by atoms with E-state index in [4.69, 9.17) is 9.84 Å². The molecule has 88 valence electrons. The van der Waals surface area contributed by atoms with Gasteiger partial charge in [0.25, 0.3) is 0 Å². The quantitative estimate of drug-likeness (QED) is 0.847. The lowest BCUT2D eigenvalue weighted by molar-refractivity contribution is 0.0697. The highest BCUT2D eigenvalue weighted by Crippen LogP contribution is 2.25. The smallest absolute Gasteiger partial charge is 0.349 e. The Kier molecular flexibility index (Phi) is 4.01. The van der Waals surface area contributed by atoms with Gasteiger partial charge in [0.2, 0.25) is 0 Å². The molecule has 0 bridgehead atoms. The van der Waals surface area contributed by atoms with Crippen LogP contribution < -0.4 is 4.74 Å². The highest BCUT2D eigenvalue weighted by molar-refractivity contribution is 14.1. The Morgan fingerprint density at radius 3 is 2.65 bits per heavy atom. The first kappa shape index (κ1) is 12.4. The molecule has 0 atom stereocenters. The fourth-order valence-corrected chi connectivity index (χ4v) is 2.34. The monoisotopic (exact) mass is 360 g/mol. The van der Waals surface area contributed by atoms with Crippen LogP contribution in [0.2, 0.25) is 0 Å². The van der Waals surface area contributed by atoms with Crippen molar-refractivity contribution in [3.8, 4) is 5.75 Å². The number of hydrogen-bond donors (Lipinski definition) is 1. The Bertz CT molecular complexity index is 519. The molecule has 17 heavy (non-hydrogen) atoms. The number of carbonyl (C=O) groups is 1. The number of hydrogen-bond acceptors (Lipinski definition) is 3. The summed E-state index contributed by atoms with van der Waals surface area (Å²) in [5.41, 5.74) is 1.02. The minimum absolute atomic E-state index is 0.246. The van der Waals surface area contributed by atoms with E-state index in [1.165, 1.54) is 11.3 Å². The van der Waals surface area contributed by atoms with Crippen LogP contribution >= 0.6 is 33.9 Å². The maximum Gasteiger partial charge on any atom is 0.349 e.